The third kappa shape index (κ3) is 1.32. The van der Waals surface area contributed by atoms with Gasteiger partial charge in [-0.2, -0.15) is 0 Å². The molecule has 0 saturated carbocycles. The second-order valence-corrected chi connectivity index (χ2v) is 6.47. The molecule has 1 aliphatic rings. The van der Waals surface area contributed by atoms with Gasteiger partial charge in [-0.25, -0.2) is 8.42 Å². The van der Waals surface area contributed by atoms with Crippen LogP contribution in [0.5, 0.6) is 0 Å². The molecule has 1 heterocycles. The van der Waals surface area contributed by atoms with E-state index in [0.29, 0.717) is 4.90 Å². The first-order valence-corrected chi connectivity index (χ1v) is 7.57. The molecule has 0 bridgehead atoms. The van der Waals surface area contributed by atoms with Gasteiger partial charge >= 0.3 is 0 Å². The maximum Gasteiger partial charge on any atom is 0.265 e. The molecule has 4 heteroatoms. The van der Waals surface area contributed by atoms with E-state index in [1.807, 2.05) is 38.1 Å². The minimum absolute atomic E-state index is 0.0204. The van der Waals surface area contributed by atoms with Gasteiger partial charge in [0, 0.05) is 11.4 Å². The highest BCUT2D eigenvalue weighted by molar-refractivity contribution is 7.93. The Morgan fingerprint density at radius 3 is 2.50 bits per heavy atom. The number of anilines is 1. The Bertz CT molecular complexity index is 716. The molecule has 3 rings (SSSR count). The average molecular weight is 261 g/mol. The van der Waals surface area contributed by atoms with Crippen LogP contribution < -0.4 is 4.31 Å². The van der Waals surface area contributed by atoms with Crippen LogP contribution in [0.4, 0.5) is 5.69 Å². The summed E-state index contributed by atoms with van der Waals surface area (Å²) >= 11 is 0. The highest BCUT2D eigenvalue weighted by Gasteiger charge is 2.37. The predicted octanol–water partition coefficient (Wildman–Crippen LogP) is 3.15. The Labute approximate surface area is 107 Å². The topological polar surface area (TPSA) is 37.4 Å². The van der Waals surface area contributed by atoms with Gasteiger partial charge in [0.2, 0.25) is 0 Å². The van der Waals surface area contributed by atoms with Gasteiger partial charge in [-0.05, 0) is 30.9 Å². The van der Waals surface area contributed by atoms with Crippen molar-refractivity contribution >= 4 is 26.5 Å². The zero-order valence-corrected chi connectivity index (χ0v) is 11.2. The summed E-state index contributed by atoms with van der Waals surface area (Å²) in [6.45, 7) is 3.95. The van der Waals surface area contributed by atoms with Crippen LogP contribution in [0, 0.1) is 0 Å². The van der Waals surface area contributed by atoms with Crippen LogP contribution in [0.3, 0.4) is 0 Å². The number of rotatable bonds is 2. The van der Waals surface area contributed by atoms with E-state index in [-0.39, 0.29) is 6.04 Å². The van der Waals surface area contributed by atoms with Crippen LogP contribution in [-0.2, 0) is 10.0 Å². The Balaban J connectivity index is 2.41. The van der Waals surface area contributed by atoms with Gasteiger partial charge in [-0.3, -0.25) is 4.31 Å². The van der Waals surface area contributed by atoms with E-state index in [1.54, 1.807) is 16.4 Å². The first-order chi connectivity index (χ1) is 8.57. The molecule has 0 unspecified atom stereocenters. The summed E-state index contributed by atoms with van der Waals surface area (Å²) in [6, 6.07) is 11.2. The molecule has 0 aromatic heterocycles. The molecule has 1 aliphatic heterocycles. The zero-order chi connectivity index (χ0) is 12.9. The van der Waals surface area contributed by atoms with Crippen molar-refractivity contribution in [1.29, 1.82) is 0 Å². The van der Waals surface area contributed by atoms with Crippen molar-refractivity contribution in [2.24, 2.45) is 0 Å². The van der Waals surface area contributed by atoms with Crippen molar-refractivity contribution in [2.45, 2.75) is 31.2 Å². The Kier molecular flexibility index (Phi) is 2.38. The monoisotopic (exact) mass is 261 g/mol. The maximum atomic E-state index is 12.6. The molecule has 3 nitrogen and oxygen atoms in total. The molecule has 1 atom stereocenters. The SMILES string of the molecule is CC[C@@H](C)N1c2cccc3cccc(c23)S1(=O)=O. The first-order valence-electron chi connectivity index (χ1n) is 6.13. The van der Waals surface area contributed by atoms with E-state index in [0.717, 1.165) is 22.9 Å². The van der Waals surface area contributed by atoms with Crippen LogP contribution in [-0.4, -0.2) is 14.5 Å². The van der Waals surface area contributed by atoms with E-state index < -0.39 is 10.0 Å². The van der Waals surface area contributed by atoms with Gasteiger partial charge in [0.15, 0.2) is 0 Å². The number of nitrogens with zero attached hydrogens (tertiary/aromatic N) is 1. The van der Waals surface area contributed by atoms with Crippen molar-refractivity contribution in [3.05, 3.63) is 36.4 Å². The quantitative estimate of drug-likeness (QED) is 0.832. The summed E-state index contributed by atoms with van der Waals surface area (Å²) in [5, 5.41) is 1.85. The molecule has 94 valence electrons. The Morgan fingerprint density at radius 1 is 1.17 bits per heavy atom. The number of benzene rings is 2. The minimum atomic E-state index is -3.38. The largest absolute Gasteiger partial charge is 0.265 e. The summed E-state index contributed by atoms with van der Waals surface area (Å²) in [6.07, 6.45) is 0.795. The minimum Gasteiger partial charge on any atom is -0.263 e. The van der Waals surface area contributed by atoms with Crippen molar-refractivity contribution in [1.82, 2.24) is 0 Å². The summed E-state index contributed by atoms with van der Waals surface area (Å²) < 4.78 is 26.7. The van der Waals surface area contributed by atoms with E-state index >= 15 is 0 Å². The summed E-state index contributed by atoms with van der Waals surface area (Å²) in [5.41, 5.74) is 0.817. The van der Waals surface area contributed by atoms with E-state index in [2.05, 4.69) is 0 Å². The van der Waals surface area contributed by atoms with Gasteiger partial charge in [-0.15, -0.1) is 0 Å². The van der Waals surface area contributed by atoms with E-state index in [9.17, 15) is 8.42 Å². The fraction of sp³-hybridized carbons (Fsp3) is 0.286. The highest BCUT2D eigenvalue weighted by Crippen LogP contribution is 2.43. The molecule has 0 radical (unpaired) electrons. The fourth-order valence-electron chi connectivity index (χ4n) is 2.56. The van der Waals surface area contributed by atoms with Gasteiger partial charge in [0.1, 0.15) is 0 Å². The molecule has 2 aromatic rings. The van der Waals surface area contributed by atoms with Crippen molar-refractivity contribution in [2.75, 3.05) is 4.31 Å². The zero-order valence-electron chi connectivity index (χ0n) is 10.4. The number of hydrogen-bond donors (Lipinski definition) is 0. The summed E-state index contributed by atoms with van der Waals surface area (Å²) in [5.74, 6) is 0. The predicted molar refractivity (Wildman–Crippen MR) is 73.4 cm³/mol. The van der Waals surface area contributed by atoms with Crippen LogP contribution in [0.15, 0.2) is 41.3 Å². The molecule has 0 saturated heterocycles. The Hall–Kier alpha value is -1.55. The molecule has 18 heavy (non-hydrogen) atoms. The lowest BCUT2D eigenvalue weighted by molar-refractivity contribution is 0.581. The maximum absolute atomic E-state index is 12.6. The van der Waals surface area contributed by atoms with Gasteiger partial charge in [-0.1, -0.05) is 31.2 Å². The molecule has 0 fully saturated rings. The third-order valence-corrected chi connectivity index (χ3v) is 5.58. The normalized spacial score (nSPS) is 18.2. The lowest BCUT2D eigenvalue weighted by Gasteiger charge is -2.25. The molecule has 0 N–H and O–H groups in total. The van der Waals surface area contributed by atoms with E-state index in [4.69, 9.17) is 0 Å². The standard InChI is InChI=1S/C14H15NO2S/c1-3-10(2)15-12-8-4-6-11-7-5-9-13(14(11)12)18(15,16)17/h4-10H,3H2,1-2H3/t10-/m1/s1. The van der Waals surface area contributed by atoms with Gasteiger partial charge in [0.05, 0.1) is 10.6 Å². The van der Waals surface area contributed by atoms with Crippen LogP contribution in [0.25, 0.3) is 10.8 Å². The molecule has 2 aromatic carbocycles. The lowest BCUT2D eigenvalue weighted by Crippen LogP contribution is -2.35. The smallest absolute Gasteiger partial charge is 0.263 e. The molecular weight excluding hydrogens is 246 g/mol. The van der Waals surface area contributed by atoms with Crippen molar-refractivity contribution in [3.8, 4) is 0 Å². The molecule has 0 amide bonds. The third-order valence-electron chi connectivity index (χ3n) is 3.61. The first kappa shape index (κ1) is 11.5. The summed E-state index contributed by atoms with van der Waals surface area (Å²) in [7, 11) is -3.38. The summed E-state index contributed by atoms with van der Waals surface area (Å²) in [4.78, 5) is 0.441. The fourth-order valence-corrected chi connectivity index (χ4v) is 4.54. The van der Waals surface area contributed by atoms with Gasteiger partial charge in [0.25, 0.3) is 10.0 Å². The van der Waals surface area contributed by atoms with Crippen LogP contribution >= 0.6 is 0 Å². The van der Waals surface area contributed by atoms with E-state index in [1.165, 1.54) is 0 Å². The van der Waals surface area contributed by atoms with Crippen LogP contribution in [0.2, 0.25) is 0 Å². The Morgan fingerprint density at radius 2 is 1.83 bits per heavy atom. The van der Waals surface area contributed by atoms with Crippen molar-refractivity contribution < 1.29 is 8.42 Å². The number of sulfonamides is 1. The second-order valence-electron chi connectivity index (χ2n) is 4.69. The second kappa shape index (κ2) is 3.72. The number of hydrogen-bond acceptors (Lipinski definition) is 2. The van der Waals surface area contributed by atoms with Crippen molar-refractivity contribution in [3.63, 3.8) is 0 Å². The van der Waals surface area contributed by atoms with Gasteiger partial charge < -0.3 is 0 Å². The highest BCUT2D eigenvalue weighted by atomic mass is 32.2. The lowest BCUT2D eigenvalue weighted by atomic mass is 10.1. The molecule has 0 aliphatic carbocycles. The average Bonchev–Trinajstić information content (AvgIpc) is 2.60. The molecular formula is C14H15NO2S. The van der Waals surface area contributed by atoms with Crippen LogP contribution in [0.1, 0.15) is 20.3 Å². The molecule has 0 spiro atoms.